The van der Waals surface area contributed by atoms with Gasteiger partial charge in [-0.3, -0.25) is 4.79 Å². The third-order valence-electron chi connectivity index (χ3n) is 8.65. The molecule has 9 nitrogen and oxygen atoms in total. The molecule has 13 heteroatoms. The first-order chi connectivity index (χ1) is 20.5. The van der Waals surface area contributed by atoms with Crippen LogP contribution < -0.4 is 9.80 Å². The van der Waals surface area contributed by atoms with E-state index in [1.165, 1.54) is 22.0 Å². The summed E-state index contributed by atoms with van der Waals surface area (Å²) in [5, 5.41) is 31.4. The number of nitrogens with zero attached hydrogens (tertiary/aromatic N) is 7. The fraction of sp³-hybridized carbons (Fsp3) is 0.516. The number of carboxylic acids is 1. The summed E-state index contributed by atoms with van der Waals surface area (Å²) in [4.78, 5) is 16.9. The van der Waals surface area contributed by atoms with Gasteiger partial charge in [0.2, 0.25) is 0 Å². The molecule has 0 aliphatic heterocycles. The molecule has 0 amide bonds. The van der Waals surface area contributed by atoms with Crippen molar-refractivity contribution in [2.45, 2.75) is 71.1 Å². The molecular formula is C31H37ClF3N7O2. The molecule has 0 bridgehead atoms. The number of benzene rings is 2. The van der Waals surface area contributed by atoms with Gasteiger partial charge in [0.25, 0.3) is 5.95 Å². The number of carboxylic acid groups (broad SMARTS) is 1. The highest BCUT2D eigenvalue weighted by atomic mass is 35.5. The van der Waals surface area contributed by atoms with Crippen LogP contribution in [0, 0.1) is 23.2 Å². The van der Waals surface area contributed by atoms with E-state index in [1.54, 1.807) is 11.9 Å². The summed E-state index contributed by atoms with van der Waals surface area (Å²) in [5.41, 5.74) is 4.05. The Bertz CT molecular complexity index is 1510. The van der Waals surface area contributed by atoms with Crippen molar-refractivity contribution in [3.63, 3.8) is 0 Å². The van der Waals surface area contributed by atoms with Crippen molar-refractivity contribution in [1.29, 1.82) is 5.26 Å². The molecule has 1 aromatic heterocycles. The Morgan fingerprint density at radius 3 is 2.36 bits per heavy atom. The molecule has 2 aromatic carbocycles. The number of aliphatic carboxylic acids is 1. The molecule has 44 heavy (non-hydrogen) atoms. The Balaban J connectivity index is 0.00000442. The zero-order valence-corrected chi connectivity index (χ0v) is 25.7. The largest absolute Gasteiger partial charge is 0.481 e. The van der Waals surface area contributed by atoms with Gasteiger partial charge in [0.05, 0.1) is 30.2 Å². The highest BCUT2D eigenvalue weighted by Gasteiger charge is 2.32. The van der Waals surface area contributed by atoms with Crippen LogP contribution in [0.1, 0.15) is 72.4 Å². The lowest BCUT2D eigenvalue weighted by molar-refractivity contribution is -0.143. The normalized spacial score (nSPS) is 17.8. The summed E-state index contributed by atoms with van der Waals surface area (Å²) in [5.74, 6) is -0.330. The number of anilines is 2. The van der Waals surface area contributed by atoms with Crippen molar-refractivity contribution in [3.8, 4) is 6.07 Å². The SMILES string of the molecule is CCN(C[C@H]1CC[C@H](C(=O)O)CC1)c1cc2c(cc1CN(Cc1cc(C#N)cc(C(F)(F)F)c1)c1nnn(C)n1)CCC2.Cl. The third kappa shape index (κ3) is 7.62. The Kier molecular flexibility index (Phi) is 10.4. The van der Waals surface area contributed by atoms with Crippen molar-refractivity contribution in [1.82, 2.24) is 20.2 Å². The van der Waals surface area contributed by atoms with Crippen molar-refractivity contribution in [3.05, 3.63) is 63.7 Å². The molecule has 1 saturated carbocycles. The summed E-state index contributed by atoms with van der Waals surface area (Å²) in [6.07, 6.45) is 1.54. The minimum atomic E-state index is -4.59. The van der Waals surface area contributed by atoms with Crippen LogP contribution in [0.15, 0.2) is 30.3 Å². The zero-order valence-electron chi connectivity index (χ0n) is 24.8. The summed E-state index contributed by atoms with van der Waals surface area (Å²) in [6, 6.07) is 9.70. The van der Waals surface area contributed by atoms with Crippen LogP contribution in [-0.4, -0.2) is 44.4 Å². The molecule has 1 fully saturated rings. The number of hydrogen-bond acceptors (Lipinski definition) is 7. The Morgan fingerprint density at radius 2 is 1.77 bits per heavy atom. The smallest absolute Gasteiger partial charge is 0.416 e. The van der Waals surface area contributed by atoms with Crippen LogP contribution in [0.2, 0.25) is 0 Å². The van der Waals surface area contributed by atoms with Crippen LogP contribution in [0.4, 0.5) is 24.8 Å². The first-order valence-electron chi connectivity index (χ1n) is 14.8. The number of fused-ring (bicyclic) bond motifs is 1. The van der Waals surface area contributed by atoms with Gasteiger partial charge in [-0.15, -0.1) is 17.5 Å². The number of carbonyl (C=O) groups is 1. The summed E-state index contributed by atoms with van der Waals surface area (Å²) in [6.45, 7) is 4.04. The van der Waals surface area contributed by atoms with Gasteiger partial charge >= 0.3 is 12.1 Å². The monoisotopic (exact) mass is 631 g/mol. The first-order valence-corrected chi connectivity index (χ1v) is 14.8. The number of rotatable bonds is 10. The molecule has 0 radical (unpaired) electrons. The number of alkyl halides is 3. The topological polar surface area (TPSA) is 111 Å². The first kappa shape index (κ1) is 33.1. The molecule has 236 valence electrons. The summed E-state index contributed by atoms with van der Waals surface area (Å²) >= 11 is 0. The van der Waals surface area contributed by atoms with Crippen molar-refractivity contribution < 1.29 is 23.1 Å². The van der Waals surface area contributed by atoms with E-state index in [1.807, 2.05) is 6.07 Å². The fourth-order valence-electron chi connectivity index (χ4n) is 6.42. The van der Waals surface area contributed by atoms with E-state index in [4.69, 9.17) is 0 Å². The Morgan fingerprint density at radius 1 is 1.07 bits per heavy atom. The molecule has 5 rings (SSSR count). The quantitative estimate of drug-likeness (QED) is 0.293. The Hall–Kier alpha value is -3.85. The molecule has 0 saturated heterocycles. The maximum absolute atomic E-state index is 13.7. The van der Waals surface area contributed by atoms with Gasteiger partial charge in [-0.25, -0.2) is 0 Å². The molecule has 2 aliphatic rings. The minimum absolute atomic E-state index is 0. The van der Waals surface area contributed by atoms with Crippen LogP contribution in [-0.2, 0) is 43.9 Å². The standard InChI is InChI=1S/C31H36F3N7O2.ClH/c1-3-40(17-20-7-9-23(10-8-20)29(42)43)28-15-25-6-4-5-24(25)14-26(28)19-41(30-36-38-39(2)37-30)18-22-11-21(16-35)12-27(13-22)31(32,33)34;/h11-15,20,23H,3-10,17-19H2,1-2H3,(H,42,43);1H/t20-,23-;. The lowest BCUT2D eigenvalue weighted by Crippen LogP contribution is -2.34. The maximum Gasteiger partial charge on any atom is 0.416 e. The molecular weight excluding hydrogens is 595 g/mol. The number of hydrogen-bond donors (Lipinski definition) is 1. The number of aryl methyl sites for hydroxylation is 3. The number of nitriles is 1. The second-order valence-electron chi connectivity index (χ2n) is 11.7. The van der Waals surface area contributed by atoms with E-state index >= 15 is 0 Å². The number of halogens is 4. The lowest BCUT2D eigenvalue weighted by Gasteiger charge is -2.34. The Labute approximate surface area is 261 Å². The molecule has 0 atom stereocenters. The van der Waals surface area contributed by atoms with Gasteiger partial charge in [-0.1, -0.05) is 11.2 Å². The highest BCUT2D eigenvalue weighted by Crippen LogP contribution is 2.36. The molecule has 3 aromatic rings. The second kappa shape index (κ2) is 13.8. The van der Waals surface area contributed by atoms with Crippen LogP contribution in [0.3, 0.4) is 0 Å². The average molecular weight is 632 g/mol. The van der Waals surface area contributed by atoms with Crippen LogP contribution in [0.5, 0.6) is 0 Å². The molecule has 0 unspecified atom stereocenters. The molecule has 1 heterocycles. The van der Waals surface area contributed by atoms with E-state index < -0.39 is 17.7 Å². The van der Waals surface area contributed by atoms with Gasteiger partial charge in [0.15, 0.2) is 0 Å². The number of aromatic nitrogens is 4. The third-order valence-corrected chi connectivity index (χ3v) is 8.65. The van der Waals surface area contributed by atoms with Gasteiger partial charge in [-0.05, 0) is 110 Å². The highest BCUT2D eigenvalue weighted by molar-refractivity contribution is 5.85. The van der Waals surface area contributed by atoms with E-state index in [0.29, 0.717) is 30.9 Å². The van der Waals surface area contributed by atoms with E-state index in [0.717, 1.165) is 68.6 Å². The van der Waals surface area contributed by atoms with Gasteiger partial charge in [0, 0.05) is 31.9 Å². The second-order valence-corrected chi connectivity index (χ2v) is 11.7. The minimum Gasteiger partial charge on any atom is -0.481 e. The lowest BCUT2D eigenvalue weighted by atomic mass is 9.81. The molecule has 2 aliphatic carbocycles. The molecule has 1 N–H and O–H groups in total. The zero-order chi connectivity index (χ0) is 30.7. The van der Waals surface area contributed by atoms with E-state index in [9.17, 15) is 28.3 Å². The van der Waals surface area contributed by atoms with E-state index in [-0.39, 0.29) is 36.4 Å². The van der Waals surface area contributed by atoms with Crippen molar-refractivity contribution >= 4 is 30.0 Å². The van der Waals surface area contributed by atoms with E-state index in [2.05, 4.69) is 39.4 Å². The fourth-order valence-corrected chi connectivity index (χ4v) is 6.42. The summed E-state index contributed by atoms with van der Waals surface area (Å²) < 4.78 is 41.0. The average Bonchev–Trinajstić information content (AvgIpc) is 3.63. The van der Waals surface area contributed by atoms with Crippen LogP contribution >= 0.6 is 12.4 Å². The van der Waals surface area contributed by atoms with Crippen molar-refractivity contribution in [2.24, 2.45) is 18.9 Å². The number of tetrazole rings is 1. The van der Waals surface area contributed by atoms with Gasteiger partial charge in [0.1, 0.15) is 0 Å². The predicted molar refractivity (Wildman–Crippen MR) is 162 cm³/mol. The van der Waals surface area contributed by atoms with Crippen LogP contribution in [0.25, 0.3) is 0 Å². The van der Waals surface area contributed by atoms with Crippen molar-refractivity contribution in [2.75, 3.05) is 22.9 Å². The summed E-state index contributed by atoms with van der Waals surface area (Å²) in [7, 11) is 1.63. The van der Waals surface area contributed by atoms with Gasteiger partial charge in [-0.2, -0.15) is 23.2 Å². The van der Waals surface area contributed by atoms with Gasteiger partial charge < -0.3 is 14.9 Å². The molecule has 0 spiro atoms. The maximum atomic E-state index is 13.7. The predicted octanol–water partition coefficient (Wildman–Crippen LogP) is 5.94.